The monoisotopic (exact) mass is 287 g/mol. The number of benzene rings is 2. The zero-order valence-electron chi connectivity index (χ0n) is 11.2. The molecule has 0 spiro atoms. The number of amides is 1. The van der Waals surface area contributed by atoms with Crippen molar-refractivity contribution in [2.45, 2.75) is 29.2 Å². The first-order chi connectivity index (χ1) is 9.63. The Morgan fingerprint density at radius 2 is 1.70 bits per heavy atom. The molecule has 0 bridgehead atoms. The van der Waals surface area contributed by atoms with E-state index in [2.05, 4.69) is 17.4 Å². The van der Waals surface area contributed by atoms with Gasteiger partial charge in [0.05, 0.1) is 12.5 Å². The van der Waals surface area contributed by atoms with Crippen molar-refractivity contribution in [1.82, 2.24) is 0 Å². The Hall–Kier alpha value is -1.78. The van der Waals surface area contributed by atoms with Crippen molar-refractivity contribution < 1.29 is 9.90 Å². The van der Waals surface area contributed by atoms with E-state index in [1.165, 1.54) is 4.90 Å². The van der Waals surface area contributed by atoms with Crippen LogP contribution < -0.4 is 5.32 Å². The smallest absolute Gasteiger partial charge is 0.226 e. The summed E-state index contributed by atoms with van der Waals surface area (Å²) in [4.78, 5) is 13.8. The second-order valence-corrected chi connectivity index (χ2v) is 5.69. The van der Waals surface area contributed by atoms with Crippen molar-refractivity contribution in [2.24, 2.45) is 0 Å². The van der Waals surface area contributed by atoms with Crippen LogP contribution in [0.15, 0.2) is 64.4 Å². The van der Waals surface area contributed by atoms with Crippen LogP contribution in [0.25, 0.3) is 0 Å². The SMILES string of the molecule is CC(O)CC(=O)Nc1ccc(Sc2ccccc2)cc1. The standard InChI is InChI=1S/C16H17NO2S/c1-12(18)11-16(19)17-13-7-9-15(10-8-13)20-14-5-3-2-4-6-14/h2-10,12,18H,11H2,1H3,(H,17,19). The second kappa shape index (κ2) is 7.12. The fourth-order valence-electron chi connectivity index (χ4n) is 1.71. The van der Waals surface area contributed by atoms with Gasteiger partial charge < -0.3 is 10.4 Å². The Morgan fingerprint density at radius 1 is 1.10 bits per heavy atom. The summed E-state index contributed by atoms with van der Waals surface area (Å²) in [6.07, 6.45) is -0.511. The molecule has 2 rings (SSSR count). The highest BCUT2D eigenvalue weighted by Gasteiger charge is 2.06. The van der Waals surface area contributed by atoms with Crippen LogP contribution in [-0.4, -0.2) is 17.1 Å². The molecule has 2 aromatic rings. The van der Waals surface area contributed by atoms with E-state index in [4.69, 9.17) is 5.11 Å². The van der Waals surface area contributed by atoms with Crippen LogP contribution in [0.4, 0.5) is 5.69 Å². The fraction of sp³-hybridized carbons (Fsp3) is 0.188. The van der Waals surface area contributed by atoms with Crippen LogP contribution in [0.5, 0.6) is 0 Å². The minimum atomic E-state index is -0.622. The third-order valence-corrected chi connectivity index (χ3v) is 3.61. The number of hydrogen-bond donors (Lipinski definition) is 2. The average molecular weight is 287 g/mol. The summed E-state index contributed by atoms with van der Waals surface area (Å²) in [6, 6.07) is 17.8. The molecule has 1 amide bonds. The largest absolute Gasteiger partial charge is 0.393 e. The molecular formula is C16H17NO2S. The molecule has 0 saturated carbocycles. The van der Waals surface area contributed by atoms with Crippen LogP contribution in [0.3, 0.4) is 0 Å². The summed E-state index contributed by atoms with van der Waals surface area (Å²) in [7, 11) is 0. The van der Waals surface area contributed by atoms with Gasteiger partial charge in [0.15, 0.2) is 0 Å². The number of hydrogen-bond acceptors (Lipinski definition) is 3. The highest BCUT2D eigenvalue weighted by molar-refractivity contribution is 7.99. The van der Waals surface area contributed by atoms with Gasteiger partial charge in [-0.15, -0.1) is 0 Å². The molecule has 1 unspecified atom stereocenters. The molecule has 0 radical (unpaired) electrons. The molecule has 0 aliphatic carbocycles. The summed E-state index contributed by atoms with van der Waals surface area (Å²) in [5, 5.41) is 11.9. The van der Waals surface area contributed by atoms with Crippen LogP contribution in [-0.2, 0) is 4.79 Å². The van der Waals surface area contributed by atoms with Crippen LogP contribution in [0, 0.1) is 0 Å². The Balaban J connectivity index is 1.94. The molecule has 2 aromatic carbocycles. The predicted octanol–water partition coefficient (Wildman–Crippen LogP) is 3.55. The Morgan fingerprint density at radius 3 is 2.30 bits per heavy atom. The van der Waals surface area contributed by atoms with E-state index in [0.717, 1.165) is 10.6 Å². The van der Waals surface area contributed by atoms with Crippen molar-refractivity contribution in [3.63, 3.8) is 0 Å². The highest BCUT2D eigenvalue weighted by Crippen LogP contribution is 2.28. The van der Waals surface area contributed by atoms with Gasteiger partial charge in [0.2, 0.25) is 5.91 Å². The van der Waals surface area contributed by atoms with Gasteiger partial charge in [0.25, 0.3) is 0 Å². The zero-order chi connectivity index (χ0) is 14.4. The quantitative estimate of drug-likeness (QED) is 0.884. The fourth-order valence-corrected chi connectivity index (χ4v) is 2.55. The van der Waals surface area contributed by atoms with Gasteiger partial charge in [0.1, 0.15) is 0 Å². The van der Waals surface area contributed by atoms with Gasteiger partial charge in [0, 0.05) is 15.5 Å². The molecule has 0 aliphatic heterocycles. The van der Waals surface area contributed by atoms with E-state index < -0.39 is 6.10 Å². The molecule has 0 saturated heterocycles. The average Bonchev–Trinajstić information content (AvgIpc) is 2.41. The molecule has 0 fully saturated rings. The predicted molar refractivity (Wildman–Crippen MR) is 81.9 cm³/mol. The normalized spacial score (nSPS) is 11.9. The molecule has 0 aromatic heterocycles. The van der Waals surface area contributed by atoms with Crippen molar-refractivity contribution in [1.29, 1.82) is 0 Å². The zero-order valence-corrected chi connectivity index (χ0v) is 12.1. The van der Waals surface area contributed by atoms with E-state index in [-0.39, 0.29) is 12.3 Å². The molecule has 4 heteroatoms. The van der Waals surface area contributed by atoms with E-state index in [0.29, 0.717) is 0 Å². The summed E-state index contributed by atoms with van der Waals surface area (Å²) < 4.78 is 0. The molecule has 0 aliphatic rings. The molecule has 0 heterocycles. The van der Waals surface area contributed by atoms with Crippen LogP contribution in [0.2, 0.25) is 0 Å². The molecular weight excluding hydrogens is 270 g/mol. The third-order valence-electron chi connectivity index (χ3n) is 2.60. The first kappa shape index (κ1) is 14.6. The topological polar surface area (TPSA) is 49.3 Å². The summed E-state index contributed by atoms with van der Waals surface area (Å²) in [5.41, 5.74) is 0.744. The second-order valence-electron chi connectivity index (χ2n) is 4.54. The first-order valence-electron chi connectivity index (χ1n) is 6.44. The highest BCUT2D eigenvalue weighted by atomic mass is 32.2. The van der Waals surface area contributed by atoms with Gasteiger partial charge in [-0.3, -0.25) is 4.79 Å². The van der Waals surface area contributed by atoms with Gasteiger partial charge in [-0.05, 0) is 43.3 Å². The Kier molecular flexibility index (Phi) is 5.21. The maximum Gasteiger partial charge on any atom is 0.226 e. The lowest BCUT2D eigenvalue weighted by atomic mass is 10.2. The number of anilines is 1. The minimum Gasteiger partial charge on any atom is -0.393 e. The van der Waals surface area contributed by atoms with Crippen molar-refractivity contribution in [3.05, 3.63) is 54.6 Å². The summed E-state index contributed by atoms with van der Waals surface area (Å²) >= 11 is 1.67. The third kappa shape index (κ3) is 4.72. The Labute approximate surface area is 123 Å². The van der Waals surface area contributed by atoms with Gasteiger partial charge in [-0.25, -0.2) is 0 Å². The van der Waals surface area contributed by atoms with Gasteiger partial charge in [-0.2, -0.15) is 0 Å². The van der Waals surface area contributed by atoms with Crippen LogP contribution >= 0.6 is 11.8 Å². The number of nitrogens with one attached hydrogen (secondary N) is 1. The van der Waals surface area contributed by atoms with E-state index in [1.54, 1.807) is 18.7 Å². The molecule has 104 valence electrons. The number of aliphatic hydroxyl groups excluding tert-OH is 1. The van der Waals surface area contributed by atoms with Crippen molar-refractivity contribution in [2.75, 3.05) is 5.32 Å². The molecule has 2 N–H and O–H groups in total. The molecule has 20 heavy (non-hydrogen) atoms. The van der Waals surface area contributed by atoms with Crippen molar-refractivity contribution >= 4 is 23.4 Å². The number of rotatable bonds is 5. The Bertz CT molecular complexity index is 552. The van der Waals surface area contributed by atoms with Crippen LogP contribution in [0.1, 0.15) is 13.3 Å². The maximum absolute atomic E-state index is 11.5. The first-order valence-corrected chi connectivity index (χ1v) is 7.26. The van der Waals surface area contributed by atoms with E-state index in [9.17, 15) is 4.79 Å². The number of aliphatic hydroxyl groups is 1. The van der Waals surface area contributed by atoms with Crippen molar-refractivity contribution in [3.8, 4) is 0 Å². The van der Waals surface area contributed by atoms with E-state index >= 15 is 0 Å². The van der Waals surface area contributed by atoms with Gasteiger partial charge >= 0.3 is 0 Å². The molecule has 3 nitrogen and oxygen atoms in total. The summed E-state index contributed by atoms with van der Waals surface area (Å²) in [6.45, 7) is 1.60. The number of carbonyl (C=O) groups is 1. The lowest BCUT2D eigenvalue weighted by Crippen LogP contribution is -2.17. The number of carbonyl (C=O) groups excluding carboxylic acids is 1. The lowest BCUT2D eigenvalue weighted by Gasteiger charge is -2.07. The lowest BCUT2D eigenvalue weighted by molar-refractivity contribution is -0.117. The summed E-state index contributed by atoms with van der Waals surface area (Å²) in [5.74, 6) is -0.177. The molecule has 1 atom stereocenters. The maximum atomic E-state index is 11.5. The van der Waals surface area contributed by atoms with Gasteiger partial charge in [-0.1, -0.05) is 30.0 Å². The van der Waals surface area contributed by atoms with E-state index in [1.807, 2.05) is 42.5 Å². The minimum absolute atomic E-state index is 0.112.